The van der Waals surface area contributed by atoms with E-state index in [2.05, 4.69) is 5.43 Å². The lowest BCUT2D eigenvalue weighted by molar-refractivity contribution is 0.317. The van der Waals surface area contributed by atoms with Gasteiger partial charge in [0.1, 0.15) is 5.75 Å². The first-order chi connectivity index (χ1) is 8.90. The van der Waals surface area contributed by atoms with Gasteiger partial charge in [-0.25, -0.2) is 8.42 Å². The second kappa shape index (κ2) is 6.88. The molecular formula is C13H22N2O3S. The molecular weight excluding hydrogens is 264 g/mol. The fourth-order valence-electron chi connectivity index (χ4n) is 1.74. The van der Waals surface area contributed by atoms with Crippen molar-refractivity contribution < 1.29 is 13.2 Å². The summed E-state index contributed by atoms with van der Waals surface area (Å²) in [5.74, 6) is 6.25. The molecule has 6 heteroatoms. The zero-order chi connectivity index (χ0) is 14.5. The Balaban J connectivity index is 2.88. The molecule has 0 aliphatic rings. The number of hydrazine groups is 1. The van der Waals surface area contributed by atoms with Crippen molar-refractivity contribution in [3.63, 3.8) is 0 Å². The molecule has 0 aliphatic heterocycles. The summed E-state index contributed by atoms with van der Waals surface area (Å²) in [6, 6.07) is 6.87. The minimum atomic E-state index is -3.16. The molecule has 2 unspecified atom stereocenters. The van der Waals surface area contributed by atoms with Gasteiger partial charge in [-0.3, -0.25) is 11.3 Å². The number of nitrogens with two attached hydrogens (primary N) is 1. The van der Waals surface area contributed by atoms with Crippen LogP contribution in [0.1, 0.15) is 31.9 Å². The van der Waals surface area contributed by atoms with Gasteiger partial charge in [0.15, 0.2) is 9.84 Å². The Bertz CT molecular complexity index is 485. The van der Waals surface area contributed by atoms with Crippen LogP contribution in [0.5, 0.6) is 5.75 Å². The van der Waals surface area contributed by atoms with Crippen LogP contribution in [0.4, 0.5) is 0 Å². The van der Waals surface area contributed by atoms with Gasteiger partial charge in [0.05, 0.1) is 17.9 Å². The highest BCUT2D eigenvalue weighted by atomic mass is 32.2. The highest BCUT2D eigenvalue weighted by Gasteiger charge is 2.26. The van der Waals surface area contributed by atoms with Crippen molar-refractivity contribution in [1.29, 1.82) is 0 Å². The summed E-state index contributed by atoms with van der Waals surface area (Å²) in [5.41, 5.74) is 3.39. The van der Waals surface area contributed by atoms with E-state index in [4.69, 9.17) is 10.6 Å². The Morgan fingerprint density at radius 3 is 2.32 bits per heavy atom. The average Bonchev–Trinajstić information content (AvgIpc) is 2.37. The number of benzene rings is 1. The van der Waals surface area contributed by atoms with E-state index in [9.17, 15) is 8.42 Å². The highest BCUT2D eigenvalue weighted by molar-refractivity contribution is 7.91. The van der Waals surface area contributed by atoms with Crippen molar-refractivity contribution >= 4 is 9.84 Å². The number of rotatable bonds is 7. The third-order valence-corrected chi connectivity index (χ3v) is 4.66. The molecule has 19 heavy (non-hydrogen) atoms. The van der Waals surface area contributed by atoms with Crippen molar-refractivity contribution in [2.75, 3.05) is 12.9 Å². The zero-order valence-corrected chi connectivity index (χ0v) is 12.4. The molecule has 0 bridgehead atoms. The quantitative estimate of drug-likeness (QED) is 0.585. The summed E-state index contributed by atoms with van der Waals surface area (Å²) < 4.78 is 28.7. The van der Waals surface area contributed by atoms with Crippen molar-refractivity contribution in [2.45, 2.75) is 31.6 Å². The van der Waals surface area contributed by atoms with Gasteiger partial charge < -0.3 is 4.74 Å². The minimum absolute atomic E-state index is 0.435. The summed E-state index contributed by atoms with van der Waals surface area (Å²) in [6.45, 7) is 4.34. The predicted molar refractivity (Wildman–Crippen MR) is 76.6 cm³/mol. The molecule has 3 N–H and O–H groups in total. The lowest BCUT2D eigenvalue weighted by Crippen LogP contribution is -2.38. The Kier molecular flexibility index (Phi) is 5.78. The third-order valence-electron chi connectivity index (χ3n) is 3.04. The molecule has 1 aromatic rings. The van der Waals surface area contributed by atoms with Crippen LogP contribution in [0.3, 0.4) is 0 Å². The Morgan fingerprint density at radius 2 is 1.89 bits per heavy atom. The first kappa shape index (κ1) is 15.9. The first-order valence-corrected chi connectivity index (χ1v) is 8.23. The van der Waals surface area contributed by atoms with Crippen LogP contribution in [0.2, 0.25) is 0 Å². The maximum Gasteiger partial charge on any atom is 0.151 e. The minimum Gasteiger partial charge on any atom is -0.494 e. The predicted octanol–water partition coefficient (Wildman–Crippen LogP) is 1.41. The maximum atomic E-state index is 11.6. The molecule has 1 aromatic carbocycles. The molecule has 0 amide bonds. The van der Waals surface area contributed by atoms with Crippen molar-refractivity contribution in [2.24, 2.45) is 5.84 Å². The molecule has 0 radical (unpaired) electrons. The fraction of sp³-hybridized carbons (Fsp3) is 0.538. The van der Waals surface area contributed by atoms with Gasteiger partial charge in [-0.1, -0.05) is 19.1 Å². The second-order valence-corrected chi connectivity index (χ2v) is 7.00. The van der Waals surface area contributed by atoms with E-state index in [0.29, 0.717) is 6.61 Å². The molecule has 0 saturated carbocycles. The SMILES string of the molecule is CCCOc1ccc(C(NN)C(C)S(C)(=O)=O)cc1. The van der Waals surface area contributed by atoms with E-state index in [1.165, 1.54) is 6.26 Å². The normalized spacial score (nSPS) is 14.9. The van der Waals surface area contributed by atoms with Crippen molar-refractivity contribution in [3.8, 4) is 5.75 Å². The second-order valence-electron chi connectivity index (χ2n) is 4.60. The molecule has 0 saturated heterocycles. The van der Waals surface area contributed by atoms with Gasteiger partial charge in [0.25, 0.3) is 0 Å². The van der Waals surface area contributed by atoms with Gasteiger partial charge in [0.2, 0.25) is 0 Å². The molecule has 0 fully saturated rings. The van der Waals surface area contributed by atoms with Crippen LogP contribution in [-0.4, -0.2) is 26.5 Å². The lowest BCUT2D eigenvalue weighted by atomic mass is 10.0. The lowest BCUT2D eigenvalue weighted by Gasteiger charge is -2.22. The number of ether oxygens (including phenoxy) is 1. The van der Waals surface area contributed by atoms with Crippen molar-refractivity contribution in [3.05, 3.63) is 29.8 Å². The van der Waals surface area contributed by atoms with E-state index in [0.717, 1.165) is 17.7 Å². The molecule has 1 rings (SSSR count). The topological polar surface area (TPSA) is 81.4 Å². The largest absolute Gasteiger partial charge is 0.494 e. The molecule has 0 aliphatic carbocycles. The number of sulfone groups is 1. The van der Waals surface area contributed by atoms with Crippen LogP contribution in [0.15, 0.2) is 24.3 Å². The number of hydrogen-bond donors (Lipinski definition) is 2. The Hall–Kier alpha value is -1.11. The van der Waals surface area contributed by atoms with Gasteiger partial charge in [0, 0.05) is 6.26 Å². The van der Waals surface area contributed by atoms with Gasteiger partial charge in [-0.2, -0.15) is 0 Å². The van der Waals surface area contributed by atoms with E-state index >= 15 is 0 Å². The molecule has 5 nitrogen and oxygen atoms in total. The highest BCUT2D eigenvalue weighted by Crippen LogP contribution is 2.23. The molecule has 2 atom stereocenters. The molecule has 0 heterocycles. The van der Waals surface area contributed by atoms with Crippen LogP contribution in [0.25, 0.3) is 0 Å². The summed E-state index contributed by atoms with van der Waals surface area (Å²) >= 11 is 0. The third kappa shape index (κ3) is 4.49. The van der Waals surface area contributed by atoms with Crippen molar-refractivity contribution in [1.82, 2.24) is 5.43 Å². The van der Waals surface area contributed by atoms with E-state index in [1.807, 2.05) is 31.2 Å². The van der Waals surface area contributed by atoms with Crippen LogP contribution >= 0.6 is 0 Å². The monoisotopic (exact) mass is 286 g/mol. The van der Waals surface area contributed by atoms with Gasteiger partial charge in [-0.05, 0) is 31.0 Å². The summed E-state index contributed by atoms with van der Waals surface area (Å²) in [4.78, 5) is 0. The number of hydrogen-bond acceptors (Lipinski definition) is 5. The molecule has 0 aromatic heterocycles. The Labute approximate surface area is 115 Å². The zero-order valence-electron chi connectivity index (χ0n) is 11.6. The van der Waals surface area contributed by atoms with Crippen LogP contribution < -0.4 is 16.0 Å². The number of nitrogens with one attached hydrogen (secondary N) is 1. The summed E-state index contributed by atoms with van der Waals surface area (Å²) in [5, 5.41) is -0.597. The average molecular weight is 286 g/mol. The maximum absolute atomic E-state index is 11.6. The van der Waals surface area contributed by atoms with E-state index in [1.54, 1.807) is 6.92 Å². The summed E-state index contributed by atoms with van der Waals surface area (Å²) in [6.07, 6.45) is 2.15. The molecule has 108 valence electrons. The summed E-state index contributed by atoms with van der Waals surface area (Å²) in [7, 11) is -3.16. The first-order valence-electron chi connectivity index (χ1n) is 6.28. The van der Waals surface area contributed by atoms with Crippen LogP contribution in [-0.2, 0) is 9.84 Å². The van der Waals surface area contributed by atoms with Crippen LogP contribution in [0, 0.1) is 0 Å². The Morgan fingerprint density at radius 1 is 1.32 bits per heavy atom. The van der Waals surface area contributed by atoms with Gasteiger partial charge in [-0.15, -0.1) is 0 Å². The van der Waals surface area contributed by atoms with E-state index < -0.39 is 21.1 Å². The fourth-order valence-corrected chi connectivity index (χ4v) is 2.47. The van der Waals surface area contributed by atoms with E-state index in [-0.39, 0.29) is 0 Å². The van der Waals surface area contributed by atoms with Gasteiger partial charge >= 0.3 is 0 Å². The standard InChI is InChI=1S/C13H22N2O3S/c1-4-9-18-12-7-5-11(6-8-12)13(15-14)10(2)19(3,16)17/h5-8,10,13,15H,4,9,14H2,1-3H3. The molecule has 0 spiro atoms. The smallest absolute Gasteiger partial charge is 0.151 e.